The molecule has 0 spiro atoms. The van der Waals surface area contributed by atoms with Crippen molar-refractivity contribution in [2.75, 3.05) is 9.71 Å². The van der Waals surface area contributed by atoms with Crippen LogP contribution in [0.25, 0.3) is 33.0 Å². The molecule has 0 radical (unpaired) electrons. The van der Waals surface area contributed by atoms with Crippen molar-refractivity contribution < 1.29 is 0 Å². The average Bonchev–Trinajstić information content (AvgIpc) is 3.20. The van der Waals surface area contributed by atoms with E-state index in [1.165, 1.54) is 111 Å². The number of rotatable bonds is 1. The van der Waals surface area contributed by atoms with E-state index in [0.717, 1.165) is 0 Å². The van der Waals surface area contributed by atoms with Crippen molar-refractivity contribution in [2.45, 2.75) is 105 Å². The van der Waals surface area contributed by atoms with Crippen molar-refractivity contribution in [3.8, 4) is 22.3 Å². The van der Waals surface area contributed by atoms with Gasteiger partial charge in [-0.1, -0.05) is 174 Å². The second-order valence-corrected chi connectivity index (χ2v) is 22.3. The van der Waals surface area contributed by atoms with Gasteiger partial charge in [0, 0.05) is 39.6 Å². The average molecular weight is 779 g/mol. The number of nitrogens with zero attached hydrogens (tertiary/aromatic N) is 2. The summed E-state index contributed by atoms with van der Waals surface area (Å²) in [6.45, 7) is 28.3. The van der Waals surface area contributed by atoms with Gasteiger partial charge in [0.2, 0.25) is 0 Å². The molecule has 0 aromatic heterocycles. The molecule has 0 unspecified atom stereocenters. The Hall–Kier alpha value is -5.47. The van der Waals surface area contributed by atoms with Crippen LogP contribution in [0.5, 0.6) is 0 Å². The second kappa shape index (κ2) is 12.1. The maximum atomic E-state index is 2.82. The highest BCUT2D eigenvalue weighted by Crippen LogP contribution is 2.52. The van der Waals surface area contributed by atoms with Crippen LogP contribution in [-0.2, 0) is 21.7 Å². The fourth-order valence-electron chi connectivity index (χ4n) is 10.9. The quantitative estimate of drug-likeness (QED) is 0.153. The van der Waals surface area contributed by atoms with Gasteiger partial charge in [-0.15, -0.1) is 0 Å². The summed E-state index contributed by atoms with van der Waals surface area (Å²) in [5.41, 5.74) is 24.5. The highest BCUT2D eigenvalue weighted by atomic mass is 15.2. The van der Waals surface area contributed by atoms with Gasteiger partial charge in [0.1, 0.15) is 0 Å². The minimum atomic E-state index is -0.0496. The molecule has 11 rings (SSSR count). The van der Waals surface area contributed by atoms with Gasteiger partial charge in [0.25, 0.3) is 6.71 Å². The molecular weight excluding hydrogens is 722 g/mol. The molecule has 4 aliphatic heterocycles. The van der Waals surface area contributed by atoms with Crippen LogP contribution in [0.2, 0.25) is 0 Å². The van der Waals surface area contributed by atoms with Gasteiger partial charge >= 0.3 is 6.85 Å². The Kier molecular flexibility index (Phi) is 7.56. The number of fused-ring (bicyclic) bond motifs is 11. The number of hydrogen-bond acceptors (Lipinski definition) is 2. The Bertz CT molecular complexity index is 2980. The van der Waals surface area contributed by atoms with Gasteiger partial charge in [-0.25, -0.2) is 0 Å². The zero-order valence-electron chi connectivity index (χ0n) is 37.6. The van der Waals surface area contributed by atoms with Crippen molar-refractivity contribution in [1.29, 1.82) is 0 Å². The van der Waals surface area contributed by atoms with Crippen molar-refractivity contribution in [1.82, 2.24) is 0 Å². The molecule has 4 aliphatic rings. The Morgan fingerprint density at radius 1 is 0.400 bits per heavy atom. The van der Waals surface area contributed by atoms with E-state index in [1.807, 2.05) is 0 Å². The molecule has 0 atom stereocenters. The molecule has 0 saturated carbocycles. The van der Waals surface area contributed by atoms with Crippen LogP contribution >= 0.6 is 0 Å². The standard InChI is InChI=1S/C56H56B2N2/c1-53(2,3)34-18-22-38(23-19-34)59-47-27-17-33-15-13-14-16-39(33)49(47)57-46-32-37(56(10,11)12)29-43-41-25-21-36(55(7,8)9)31-45(41)58-44-30-35(54(4,5)6)20-24-40(44)42-26-28-48(59)50(57)52(42)60(58)51(43)46/h13-32H,1-12H3. The molecule has 60 heavy (non-hydrogen) atoms. The van der Waals surface area contributed by atoms with Crippen molar-refractivity contribution in [3.63, 3.8) is 0 Å². The lowest BCUT2D eigenvalue weighted by molar-refractivity contribution is 0.590. The van der Waals surface area contributed by atoms with E-state index >= 15 is 0 Å². The summed E-state index contributed by atoms with van der Waals surface area (Å²) >= 11 is 0. The number of anilines is 5. The summed E-state index contributed by atoms with van der Waals surface area (Å²) in [5.74, 6) is 0. The topological polar surface area (TPSA) is 6.48 Å². The monoisotopic (exact) mass is 778 g/mol. The minimum Gasteiger partial charge on any atom is -0.377 e. The molecule has 0 N–H and O–H groups in total. The molecular formula is C56H56B2N2. The van der Waals surface area contributed by atoms with Gasteiger partial charge in [-0.3, -0.25) is 0 Å². The summed E-state index contributed by atoms with van der Waals surface area (Å²) in [6.07, 6.45) is 0. The van der Waals surface area contributed by atoms with Crippen LogP contribution in [0.1, 0.15) is 105 Å². The minimum absolute atomic E-state index is 0.0103. The van der Waals surface area contributed by atoms with E-state index in [9.17, 15) is 0 Å². The van der Waals surface area contributed by atoms with E-state index in [0.29, 0.717) is 0 Å². The molecule has 4 heterocycles. The van der Waals surface area contributed by atoms with Crippen molar-refractivity contribution in [2.24, 2.45) is 0 Å². The van der Waals surface area contributed by atoms with Crippen LogP contribution in [0.3, 0.4) is 0 Å². The van der Waals surface area contributed by atoms with Crippen LogP contribution < -0.4 is 37.0 Å². The molecule has 2 nitrogen and oxygen atoms in total. The van der Waals surface area contributed by atoms with Crippen molar-refractivity contribution >= 4 is 80.1 Å². The van der Waals surface area contributed by atoms with Gasteiger partial charge in [-0.05, 0) is 123 Å². The Labute approximate surface area is 358 Å². The van der Waals surface area contributed by atoms with E-state index in [1.54, 1.807) is 0 Å². The maximum Gasteiger partial charge on any atom is 0.329 e. The maximum absolute atomic E-state index is 2.82. The zero-order valence-corrected chi connectivity index (χ0v) is 37.6. The summed E-state index contributed by atoms with van der Waals surface area (Å²) in [4.78, 5) is 5.41. The summed E-state index contributed by atoms with van der Waals surface area (Å²) in [7, 11) is 0. The van der Waals surface area contributed by atoms with Gasteiger partial charge in [0.15, 0.2) is 0 Å². The fraction of sp³-hybridized carbons (Fsp3) is 0.286. The molecule has 296 valence electrons. The molecule has 0 saturated heterocycles. The summed E-state index contributed by atoms with van der Waals surface area (Å²) < 4.78 is 0. The molecule has 7 aromatic rings. The fourth-order valence-corrected chi connectivity index (χ4v) is 10.9. The van der Waals surface area contributed by atoms with E-state index in [4.69, 9.17) is 0 Å². The highest BCUT2D eigenvalue weighted by Gasteiger charge is 2.53. The number of benzene rings is 7. The Morgan fingerprint density at radius 3 is 1.53 bits per heavy atom. The third-order valence-corrected chi connectivity index (χ3v) is 14.3. The highest BCUT2D eigenvalue weighted by molar-refractivity contribution is 7.04. The second-order valence-electron chi connectivity index (χ2n) is 22.3. The largest absolute Gasteiger partial charge is 0.377 e. The third-order valence-electron chi connectivity index (χ3n) is 14.3. The van der Waals surface area contributed by atoms with Crippen LogP contribution in [0.4, 0.5) is 28.4 Å². The Balaban J connectivity index is 1.32. The molecule has 0 amide bonds. The number of hydrogen-bond donors (Lipinski definition) is 0. The first kappa shape index (κ1) is 37.5. The zero-order chi connectivity index (χ0) is 42.0. The SMILES string of the molecule is CC(C)(C)c1ccc(N2c3ccc4c5c3B(c3cc(C(C)(C)C)cc6c3N5B(c3cc(C(C)(C)C)ccc3-6)c3cc(C(C)(C)C)ccc3-4)c3c2ccc2ccccc32)cc1. The van der Waals surface area contributed by atoms with Crippen molar-refractivity contribution in [3.05, 3.63) is 144 Å². The predicted octanol–water partition coefficient (Wildman–Crippen LogP) is 11.5. The first-order valence-electron chi connectivity index (χ1n) is 22.2. The lowest BCUT2D eigenvalue weighted by Crippen LogP contribution is -2.69. The smallest absolute Gasteiger partial charge is 0.329 e. The van der Waals surface area contributed by atoms with Crippen LogP contribution in [0.15, 0.2) is 121 Å². The van der Waals surface area contributed by atoms with Crippen LogP contribution in [0, 0.1) is 0 Å². The molecule has 4 heteroatoms. The third kappa shape index (κ3) is 5.22. The first-order valence-corrected chi connectivity index (χ1v) is 22.2. The lowest BCUT2D eigenvalue weighted by Gasteiger charge is -2.52. The summed E-state index contributed by atoms with van der Waals surface area (Å²) in [6, 6.07) is 48.2. The first-order chi connectivity index (χ1) is 28.3. The van der Waals surface area contributed by atoms with Gasteiger partial charge < -0.3 is 9.71 Å². The lowest BCUT2D eigenvalue weighted by atomic mass is 9.30. The molecule has 0 aliphatic carbocycles. The van der Waals surface area contributed by atoms with E-state index in [2.05, 4.69) is 214 Å². The normalized spacial score (nSPS) is 14.9. The molecule has 0 bridgehead atoms. The predicted molar refractivity (Wildman–Crippen MR) is 263 cm³/mol. The molecule has 0 fully saturated rings. The van der Waals surface area contributed by atoms with E-state index < -0.39 is 0 Å². The van der Waals surface area contributed by atoms with Crippen LogP contribution in [-0.4, -0.2) is 13.6 Å². The molecule has 7 aromatic carbocycles. The van der Waals surface area contributed by atoms with E-state index in [-0.39, 0.29) is 35.2 Å². The Morgan fingerprint density at radius 2 is 0.917 bits per heavy atom. The van der Waals surface area contributed by atoms with Gasteiger partial charge in [0.05, 0.1) is 0 Å². The summed E-state index contributed by atoms with van der Waals surface area (Å²) in [5, 5.41) is 2.62. The van der Waals surface area contributed by atoms with Gasteiger partial charge in [-0.2, -0.15) is 0 Å².